The number of unbranched alkanes of at least 4 members (excludes halogenated alkanes) is 2. The van der Waals surface area contributed by atoms with Crippen molar-refractivity contribution in [2.75, 3.05) is 32.0 Å². The number of carbonyl (C=O) groups is 20. The van der Waals surface area contributed by atoms with Crippen LogP contribution in [0.2, 0.25) is 4.24 Å². The molecule has 648 valence electrons. The van der Waals surface area contributed by atoms with Crippen molar-refractivity contribution in [3.8, 4) is 0 Å². The van der Waals surface area contributed by atoms with Gasteiger partial charge < -0.3 is 127 Å². The lowest BCUT2D eigenvalue weighted by atomic mass is 9.79. The Balaban J connectivity index is 1.44. The number of H-pyrrole nitrogens is 1. The van der Waals surface area contributed by atoms with Crippen LogP contribution in [-0.4, -0.2) is 258 Å². The number of aromatic amines is 1. The van der Waals surface area contributed by atoms with Crippen LogP contribution in [0.25, 0.3) is 10.9 Å². The number of para-hydroxylation sites is 2. The number of aliphatic hydroxyl groups is 2. The van der Waals surface area contributed by atoms with Crippen molar-refractivity contribution in [3.05, 3.63) is 65.4 Å². The van der Waals surface area contributed by atoms with Crippen molar-refractivity contribution in [3.63, 3.8) is 0 Å². The van der Waals surface area contributed by atoms with Gasteiger partial charge in [-0.2, -0.15) is 0 Å². The van der Waals surface area contributed by atoms with E-state index in [4.69, 9.17) is 27.2 Å². The summed E-state index contributed by atoms with van der Waals surface area (Å²) in [5, 5.41) is 88.5. The normalized spacial score (nSPS) is 16.7. The number of carboxylic acids is 5. The predicted molar refractivity (Wildman–Crippen MR) is 411 cm³/mol. The third-order valence-electron chi connectivity index (χ3n) is 18.9. The molecule has 13 amide bonds. The van der Waals surface area contributed by atoms with Gasteiger partial charge in [-0.15, -0.1) is 0 Å². The van der Waals surface area contributed by atoms with Gasteiger partial charge in [0.2, 0.25) is 76.8 Å². The van der Waals surface area contributed by atoms with E-state index in [1.807, 2.05) is 21.3 Å². The summed E-state index contributed by atoms with van der Waals surface area (Å²) in [5.74, 6) is -29.7. The van der Waals surface area contributed by atoms with Crippen LogP contribution in [0.4, 0.5) is 5.69 Å². The monoisotopic (exact) mass is 1670 g/mol. The molecule has 0 spiro atoms. The van der Waals surface area contributed by atoms with Crippen LogP contribution in [0.3, 0.4) is 0 Å². The summed E-state index contributed by atoms with van der Waals surface area (Å²) in [6.45, 7) is 1.06. The molecule has 1 saturated carbocycles. The number of hydrogen-bond donors (Lipinski definition) is 24. The zero-order valence-electron chi connectivity index (χ0n) is 68.1. The van der Waals surface area contributed by atoms with Crippen LogP contribution in [0.15, 0.2) is 48.7 Å². The van der Waals surface area contributed by atoms with E-state index in [9.17, 15) is 132 Å². The molecule has 0 saturated heterocycles. The Hall–Kier alpha value is -12.6. The van der Waals surface area contributed by atoms with Gasteiger partial charge in [-0.05, 0) is 94.5 Å². The number of hydrogen-bond acceptors (Lipinski definition) is 25. The summed E-state index contributed by atoms with van der Waals surface area (Å²) >= 11 is 0. The molecule has 1 aliphatic carbocycles. The van der Waals surface area contributed by atoms with Gasteiger partial charge in [0.15, 0.2) is 15.8 Å². The molecule has 2 aromatic carbocycles. The SMILES string of the molecule is [2H]N(CC(=O)N[C@@H](CO)C(=O)N[C@H](C(=O)c1cccc(C(=O)C[C@H](N)C(=O)O)c1N)[C@H](C)CC(=O)O)C(=O)[C@H](CC(=O)O)NC(=O)[C@H](C)NC(=O)[C@H](CC(=O)O)N([2H])C(=O)[C@H](CCCN)NC(=O)CNC(=O)[C@@H](NC(=O)[C@H](CC(=O)O)NC(=O)[C@H](CC(N)=O)NC(=O)[C@H](Cc1c[nH]c2ccccc12)N([2H])C(=O)C1CCC(CCCCC)CC1)[C@@H](C)O. The molecule has 44 heteroatoms. The van der Waals surface area contributed by atoms with Gasteiger partial charge in [0.25, 0.3) is 0 Å². The number of rotatable bonds is 52. The molecule has 1 fully saturated rings. The number of aliphatic carboxylic acids is 5. The standard InChI is InChI=1S/C74H105N17O27/c1-5-6-7-12-37-18-20-38(21-19-37)65(108)86-46(24-39-30-79-44-16-9-8-13-40(39)44)69(112)87-47(26-53(77)95)70(113)89-50(29-59(104)105)71(114)91-62(36(4)93)73(116)81-32-54(96)83-45(17-11-22-75)67(110)88-49(28-58(102)103)68(111)82-35(3)64(107)85-48(27-57(100)101)66(109)80-31-55(97)84-51(33-92)72(115)90-61(34(2)23-56(98)99)63(106)42-15-10-14-41(60(42)78)52(94)25-43(76)74(117)118/h8-10,13-16,30,34-38,43,45-51,61-62,79,92-93H,5-7,11-12,17-29,31-33,75-76,78H2,1-4H3,(H2,77,95)(H,80,109)(H,81,116)(H,82,111)(H,83,96)(H,84,97)(H,85,107)(H,86,108)(H,87,112)(H,88,110)(H,89,113)(H,90,115)(H,91,114)(H,98,99)(H,100,101)(H,102,103)(H,104,105)(H,117,118)/t34-,35+,36-,37?,38?,43+,45+,46+,47+,48+,49+,50+,51+,61+,62+/m1/s1/i/hD3. The van der Waals surface area contributed by atoms with Crippen molar-refractivity contribution in [1.29, 1.82) is 0 Å². The van der Waals surface area contributed by atoms with Crippen LogP contribution in [-0.2, 0) is 92.7 Å². The zero-order valence-corrected chi connectivity index (χ0v) is 65.1. The average Bonchev–Trinajstić information content (AvgIpc) is 1.75. The van der Waals surface area contributed by atoms with E-state index in [2.05, 4.69) is 38.5 Å². The largest absolute Gasteiger partial charge is 0.481 e. The number of nitrogens with one attached hydrogen (secondary N) is 13. The molecule has 1 aromatic heterocycles. The predicted octanol–water partition coefficient (Wildman–Crippen LogP) is -5.83. The molecule has 1 heterocycles. The highest BCUT2D eigenvalue weighted by Crippen LogP contribution is 2.33. The van der Waals surface area contributed by atoms with Crippen LogP contribution in [0.5, 0.6) is 0 Å². The quantitative estimate of drug-likeness (QED) is 0.0142. The van der Waals surface area contributed by atoms with Gasteiger partial charge >= 0.3 is 29.8 Å². The van der Waals surface area contributed by atoms with Crippen molar-refractivity contribution in [2.45, 2.75) is 209 Å². The number of ketones is 2. The maximum Gasteiger partial charge on any atom is 0.320 e. The Labute approximate surface area is 678 Å². The van der Waals surface area contributed by atoms with E-state index in [0.29, 0.717) is 53.4 Å². The second-order valence-corrected chi connectivity index (χ2v) is 28.3. The summed E-state index contributed by atoms with van der Waals surface area (Å²) in [6.07, 6.45) is -1.43. The number of nitrogen functional groups attached to an aromatic ring is 1. The highest BCUT2D eigenvalue weighted by Gasteiger charge is 2.40. The molecule has 3 aromatic rings. The number of carboxylic acid groups (broad SMARTS) is 5. The molecule has 0 radical (unpaired) electrons. The fraction of sp³-hybridized carbons (Fsp3) is 0.541. The maximum atomic E-state index is 14.5. The molecule has 28 N–H and O–H groups in total. The van der Waals surface area contributed by atoms with E-state index in [0.717, 1.165) is 57.7 Å². The van der Waals surface area contributed by atoms with E-state index in [1.54, 1.807) is 30.5 Å². The van der Waals surface area contributed by atoms with Crippen molar-refractivity contribution in [1.82, 2.24) is 68.8 Å². The molecule has 0 unspecified atom stereocenters. The first-order valence-electron chi connectivity index (χ1n) is 39.0. The lowest BCUT2D eigenvalue weighted by molar-refractivity contribution is -0.142. The van der Waals surface area contributed by atoms with Crippen LogP contribution in [0.1, 0.15) is 157 Å². The highest BCUT2D eigenvalue weighted by atomic mass is 16.4. The number of anilines is 1. The molecule has 0 aliphatic heterocycles. The molecule has 13 atom stereocenters. The lowest BCUT2D eigenvalue weighted by Crippen LogP contribution is -2.61. The Kier molecular flexibility index (Phi) is 37.7. The minimum absolute atomic E-state index is 0.142. The zero-order chi connectivity index (χ0) is 91.0. The summed E-state index contributed by atoms with van der Waals surface area (Å²) in [5.41, 5.74) is 22.5. The molecule has 1 aliphatic rings. The van der Waals surface area contributed by atoms with Crippen molar-refractivity contribution in [2.24, 2.45) is 35.0 Å². The molecule has 0 bridgehead atoms. The van der Waals surface area contributed by atoms with Gasteiger partial charge in [0, 0.05) is 47.0 Å². The second-order valence-electron chi connectivity index (χ2n) is 28.3. The number of fused-ring (bicyclic) bond motifs is 1. The molecule has 4 rings (SSSR count). The number of aliphatic hydroxyl groups excluding tert-OH is 2. The Morgan fingerprint density at radius 2 is 1.08 bits per heavy atom. The van der Waals surface area contributed by atoms with Crippen LogP contribution < -0.4 is 86.7 Å². The summed E-state index contributed by atoms with van der Waals surface area (Å²) < 4.78 is 26.1. The number of nitrogens with two attached hydrogens (primary N) is 4. The van der Waals surface area contributed by atoms with E-state index >= 15 is 0 Å². The summed E-state index contributed by atoms with van der Waals surface area (Å²) in [7, 11) is 0. The first-order valence-corrected chi connectivity index (χ1v) is 37.6. The van der Waals surface area contributed by atoms with Crippen LogP contribution in [0, 0.1) is 17.8 Å². The van der Waals surface area contributed by atoms with Gasteiger partial charge in [-0.3, -0.25) is 95.9 Å². The topological polar surface area (TPSA) is 747 Å². The first-order chi connectivity index (χ1) is 56.8. The summed E-state index contributed by atoms with van der Waals surface area (Å²) in [6, 6.07) is -11.8. The number of benzene rings is 2. The molecule has 118 heavy (non-hydrogen) atoms. The number of primary amides is 1. The van der Waals surface area contributed by atoms with Gasteiger partial charge in [0.05, 0.1) is 69.6 Å². The minimum atomic E-state index is -2.41. The molecular formula is C74H105N17O27. The first kappa shape index (κ1) is 92.6. The van der Waals surface area contributed by atoms with E-state index < -0.39 is 278 Å². The fourth-order valence-electron chi connectivity index (χ4n) is 12.5. The molecular weight excluding hydrogens is 1560 g/mol. The summed E-state index contributed by atoms with van der Waals surface area (Å²) in [4.78, 5) is 268. The lowest BCUT2D eigenvalue weighted by Gasteiger charge is -2.30. The van der Waals surface area contributed by atoms with Gasteiger partial charge in [-0.25, -0.2) is 0 Å². The minimum Gasteiger partial charge on any atom is -0.481 e. The Morgan fingerprint density at radius 3 is 1.66 bits per heavy atom. The maximum absolute atomic E-state index is 14.5. The average molecular weight is 1670 g/mol. The number of aromatic nitrogens is 1. The van der Waals surface area contributed by atoms with E-state index in [1.165, 1.54) is 6.92 Å². The van der Waals surface area contributed by atoms with Crippen LogP contribution >= 0.6 is 0 Å². The Bertz CT molecular complexity index is 4300. The highest BCUT2D eigenvalue weighted by molar-refractivity contribution is 6.12. The number of Topliss-reactive ketones (excluding diaryl/α,β-unsaturated/α-hetero) is 2. The van der Waals surface area contributed by atoms with E-state index in [-0.39, 0.29) is 35.6 Å². The third kappa shape index (κ3) is 31.9. The second kappa shape index (κ2) is 48.1. The smallest absolute Gasteiger partial charge is 0.320 e. The van der Waals surface area contributed by atoms with Crippen molar-refractivity contribution >= 4 is 135 Å². The third-order valence-corrected chi connectivity index (χ3v) is 18.9. The fourth-order valence-corrected chi connectivity index (χ4v) is 12.5. The molecule has 44 nitrogen and oxygen atoms in total. The number of carbonyl (C=O) groups excluding carboxylic acids is 15. The van der Waals surface area contributed by atoms with Crippen molar-refractivity contribution < 1.29 is 136 Å². The van der Waals surface area contributed by atoms with Gasteiger partial charge in [0.1, 0.15) is 60.4 Å². The Morgan fingerprint density at radius 1 is 0.542 bits per heavy atom. The van der Waals surface area contributed by atoms with Gasteiger partial charge in [-0.1, -0.05) is 63.8 Å². The number of amides is 13.